The van der Waals surface area contributed by atoms with Crippen LogP contribution in [0, 0.1) is 0 Å². The third-order valence-electron chi connectivity index (χ3n) is 7.33. The maximum atomic E-state index is 10.7. The third kappa shape index (κ3) is 4.23. The highest BCUT2D eigenvalue weighted by Gasteiger charge is 2.92. The van der Waals surface area contributed by atoms with Crippen LogP contribution < -0.4 is 10.1 Å². The normalized spacial score (nSPS) is 26.9. The zero-order chi connectivity index (χ0) is 28.3. The molecule has 2 aliphatic rings. The SMILES string of the molecule is OC(O)(O)Oc1ccsc1CNCC[C@@]1(c2ccccn2)CCOC2(C1)C(O)(O)C(O)(O)C(O)(O)C2(O)O. The van der Waals surface area contributed by atoms with Crippen LogP contribution in [-0.2, 0) is 16.7 Å². The van der Waals surface area contributed by atoms with Crippen LogP contribution in [0.3, 0.4) is 0 Å². The molecule has 38 heavy (non-hydrogen) atoms. The summed E-state index contributed by atoms with van der Waals surface area (Å²) < 4.78 is 10.0. The first-order valence-corrected chi connectivity index (χ1v) is 12.3. The van der Waals surface area contributed by atoms with Crippen LogP contribution in [0.4, 0.5) is 0 Å². The molecule has 1 spiro atoms. The van der Waals surface area contributed by atoms with Crippen molar-refractivity contribution in [2.24, 2.45) is 0 Å². The van der Waals surface area contributed by atoms with E-state index in [1.165, 1.54) is 23.6 Å². The molecule has 16 heteroatoms. The fourth-order valence-electron chi connectivity index (χ4n) is 5.24. The summed E-state index contributed by atoms with van der Waals surface area (Å²) in [6.45, 7) is -0.111. The van der Waals surface area contributed by atoms with Gasteiger partial charge < -0.3 is 71.0 Å². The van der Waals surface area contributed by atoms with Crippen molar-refractivity contribution in [1.82, 2.24) is 10.3 Å². The van der Waals surface area contributed by atoms with Crippen molar-refractivity contribution in [2.75, 3.05) is 13.2 Å². The molecule has 0 bridgehead atoms. The van der Waals surface area contributed by atoms with Gasteiger partial charge in [0.05, 0.1) is 4.88 Å². The highest BCUT2D eigenvalue weighted by Crippen LogP contribution is 2.61. The molecule has 15 nitrogen and oxygen atoms in total. The van der Waals surface area contributed by atoms with E-state index in [9.17, 15) is 40.9 Å². The van der Waals surface area contributed by atoms with Gasteiger partial charge in [-0.25, -0.2) is 0 Å². The Bertz CT molecular complexity index is 1110. The number of nitrogens with one attached hydrogen (secondary N) is 1. The van der Waals surface area contributed by atoms with E-state index in [-0.39, 0.29) is 31.7 Å². The zero-order valence-electron chi connectivity index (χ0n) is 19.8. The first-order chi connectivity index (χ1) is 17.4. The predicted octanol–water partition coefficient (Wildman–Crippen LogP) is -4.19. The van der Waals surface area contributed by atoms with E-state index in [4.69, 9.17) is 20.1 Å². The topological polar surface area (TPSA) is 266 Å². The molecule has 1 aliphatic carbocycles. The van der Waals surface area contributed by atoms with E-state index in [2.05, 4.69) is 15.0 Å². The smallest absolute Gasteiger partial charge is 0.416 e. The Kier molecular flexibility index (Phi) is 7.17. The maximum Gasteiger partial charge on any atom is 0.453 e. The molecule has 1 atom stereocenters. The highest BCUT2D eigenvalue weighted by molar-refractivity contribution is 7.10. The van der Waals surface area contributed by atoms with Crippen molar-refractivity contribution in [3.05, 3.63) is 46.4 Å². The molecule has 1 saturated carbocycles. The number of hydrogen-bond acceptors (Lipinski definition) is 16. The third-order valence-corrected chi connectivity index (χ3v) is 8.23. The van der Waals surface area contributed by atoms with E-state index in [0.29, 0.717) is 10.6 Å². The number of aliphatic hydroxyl groups is 11. The Morgan fingerprint density at radius 2 is 1.61 bits per heavy atom. The minimum Gasteiger partial charge on any atom is -0.416 e. The number of hydrogen-bond donors (Lipinski definition) is 12. The van der Waals surface area contributed by atoms with Gasteiger partial charge in [-0.1, -0.05) is 6.07 Å². The summed E-state index contributed by atoms with van der Waals surface area (Å²) in [4.78, 5) is 4.81. The summed E-state index contributed by atoms with van der Waals surface area (Å²) in [5, 5.41) is 116. The first-order valence-electron chi connectivity index (χ1n) is 11.4. The Morgan fingerprint density at radius 1 is 0.947 bits per heavy atom. The quantitative estimate of drug-likeness (QED) is 0.107. The number of ether oxygens (including phenoxy) is 2. The first kappa shape index (κ1) is 29.1. The van der Waals surface area contributed by atoms with Crippen LogP contribution in [0.15, 0.2) is 35.8 Å². The van der Waals surface area contributed by atoms with Gasteiger partial charge in [-0.2, -0.15) is 0 Å². The Balaban J connectivity index is 1.63. The average Bonchev–Trinajstić information content (AvgIpc) is 3.28. The summed E-state index contributed by atoms with van der Waals surface area (Å²) in [7, 11) is 0. The van der Waals surface area contributed by atoms with Gasteiger partial charge in [0.25, 0.3) is 23.1 Å². The number of nitrogens with zero attached hydrogens (tertiary/aromatic N) is 1. The number of thiophene rings is 1. The van der Waals surface area contributed by atoms with Crippen molar-refractivity contribution in [3.63, 3.8) is 0 Å². The van der Waals surface area contributed by atoms with Crippen LogP contribution in [0.2, 0.25) is 0 Å². The van der Waals surface area contributed by atoms with Gasteiger partial charge in [0.1, 0.15) is 5.75 Å². The molecule has 12 N–H and O–H groups in total. The molecular formula is C22H30N2O13S. The number of aromatic nitrogens is 1. The predicted molar refractivity (Wildman–Crippen MR) is 123 cm³/mol. The molecule has 0 unspecified atom stereocenters. The Morgan fingerprint density at radius 3 is 2.18 bits per heavy atom. The second kappa shape index (κ2) is 9.36. The van der Waals surface area contributed by atoms with Gasteiger partial charge in [0, 0.05) is 30.5 Å². The van der Waals surface area contributed by atoms with Crippen LogP contribution in [0.1, 0.15) is 29.8 Å². The van der Waals surface area contributed by atoms with Gasteiger partial charge >= 0.3 is 6.16 Å². The lowest BCUT2D eigenvalue weighted by Crippen LogP contribution is -2.71. The van der Waals surface area contributed by atoms with Gasteiger partial charge in [0.15, 0.2) is 5.60 Å². The Labute approximate surface area is 219 Å². The fraction of sp³-hybridized carbons (Fsp3) is 0.591. The molecule has 212 valence electrons. The summed E-state index contributed by atoms with van der Waals surface area (Å²) in [5.41, 5.74) is -4.02. The monoisotopic (exact) mass is 562 g/mol. The minimum absolute atomic E-state index is 0.00515. The van der Waals surface area contributed by atoms with E-state index in [0.717, 1.165) is 0 Å². The van der Waals surface area contributed by atoms with Crippen LogP contribution in [0.5, 0.6) is 5.75 Å². The molecule has 4 rings (SSSR count). The van der Waals surface area contributed by atoms with E-state index >= 15 is 0 Å². The van der Waals surface area contributed by atoms with Gasteiger partial charge in [0.2, 0.25) is 0 Å². The van der Waals surface area contributed by atoms with Crippen molar-refractivity contribution in [2.45, 2.75) is 66.1 Å². The summed E-state index contributed by atoms with van der Waals surface area (Å²) in [5.74, 6) is -16.4. The van der Waals surface area contributed by atoms with Gasteiger partial charge in [-0.15, -0.1) is 11.3 Å². The van der Waals surface area contributed by atoms with Gasteiger partial charge in [-0.3, -0.25) is 4.98 Å². The van der Waals surface area contributed by atoms with Gasteiger partial charge in [-0.05, 0) is 49.4 Å². The average molecular weight is 563 g/mol. The number of pyridine rings is 1. The van der Waals surface area contributed by atoms with Crippen molar-refractivity contribution >= 4 is 11.3 Å². The molecule has 2 aromatic rings. The van der Waals surface area contributed by atoms with Crippen molar-refractivity contribution in [1.29, 1.82) is 0 Å². The molecule has 1 saturated heterocycles. The molecule has 0 radical (unpaired) electrons. The van der Waals surface area contributed by atoms with Crippen LogP contribution in [-0.4, -0.2) is 109 Å². The molecule has 0 amide bonds. The summed E-state index contributed by atoms with van der Waals surface area (Å²) in [6, 6.07) is 6.25. The van der Waals surface area contributed by atoms with E-state index < -0.39 is 53.4 Å². The van der Waals surface area contributed by atoms with Crippen LogP contribution >= 0.6 is 11.3 Å². The van der Waals surface area contributed by atoms with E-state index in [1.54, 1.807) is 23.6 Å². The fourth-order valence-corrected chi connectivity index (χ4v) is 6.01. The zero-order valence-corrected chi connectivity index (χ0v) is 20.6. The standard InChI is InChI=1S/C22H30N2O13S/c25-18(26)17(19(27,28)21(31,32)20(18,29)30)12-16(6-9-36-17,15-3-1-2-7-24-15)5-8-23-11-14-13(4-10-38-14)37-22(33,34)35/h1-4,7,10,23,25-35H,5-6,8-9,11-12H2/t16-/m1/s1. The largest absolute Gasteiger partial charge is 0.453 e. The maximum absolute atomic E-state index is 10.7. The molecule has 2 aromatic heterocycles. The second-order valence-electron chi connectivity index (χ2n) is 9.60. The summed E-state index contributed by atoms with van der Waals surface area (Å²) >= 11 is 1.19. The minimum atomic E-state index is -4.24. The lowest BCUT2D eigenvalue weighted by Gasteiger charge is -2.52. The lowest BCUT2D eigenvalue weighted by atomic mass is 9.65. The summed E-state index contributed by atoms with van der Waals surface area (Å²) in [6.07, 6.45) is -2.44. The molecule has 0 aromatic carbocycles. The number of rotatable bonds is 8. The molecular weight excluding hydrogens is 532 g/mol. The Hall–Kier alpha value is -1.87. The van der Waals surface area contributed by atoms with Crippen molar-refractivity contribution < 1.29 is 65.6 Å². The molecule has 1 aliphatic heterocycles. The van der Waals surface area contributed by atoms with E-state index in [1.807, 2.05) is 0 Å². The molecule has 3 heterocycles. The highest BCUT2D eigenvalue weighted by atomic mass is 32.1. The molecule has 2 fully saturated rings. The van der Waals surface area contributed by atoms with Crippen LogP contribution in [0.25, 0.3) is 0 Å². The van der Waals surface area contributed by atoms with Crippen molar-refractivity contribution in [3.8, 4) is 5.75 Å². The lowest BCUT2D eigenvalue weighted by molar-refractivity contribution is -0.452. The second-order valence-corrected chi connectivity index (χ2v) is 10.6.